The number of hydrogen-bond acceptors (Lipinski definition) is 5. The second kappa shape index (κ2) is 5.56. The molecule has 1 unspecified atom stereocenters. The Morgan fingerprint density at radius 3 is 2.56 bits per heavy atom. The van der Waals surface area contributed by atoms with Gasteiger partial charge in [0.25, 0.3) is 0 Å². The number of rotatable bonds is 2. The molecule has 0 spiro atoms. The van der Waals surface area contributed by atoms with Crippen LogP contribution in [0.25, 0.3) is 10.9 Å². The first-order chi connectivity index (χ1) is 11.8. The zero-order valence-electron chi connectivity index (χ0n) is 15.1. The fourth-order valence-electron chi connectivity index (χ4n) is 3.40. The Labute approximate surface area is 147 Å². The zero-order valence-corrected chi connectivity index (χ0v) is 15.1. The molecule has 0 aliphatic carbocycles. The van der Waals surface area contributed by atoms with E-state index in [2.05, 4.69) is 6.07 Å². The third-order valence-corrected chi connectivity index (χ3v) is 5.53. The van der Waals surface area contributed by atoms with E-state index in [0.717, 1.165) is 23.7 Å². The van der Waals surface area contributed by atoms with E-state index in [0.29, 0.717) is 17.8 Å². The average Bonchev–Trinajstić information content (AvgIpc) is 3.24. The lowest BCUT2D eigenvalue weighted by Gasteiger charge is -2.32. The maximum absolute atomic E-state index is 9.55. The molecule has 7 heteroatoms. The molecule has 130 valence electrons. The normalized spacial score (nSPS) is 24.8. The number of para-hydroxylation sites is 1. The third kappa shape index (κ3) is 2.48. The molecule has 1 aromatic heterocycles. The lowest BCUT2D eigenvalue weighted by molar-refractivity contribution is 0.00578. The average molecular weight is 339 g/mol. The highest BCUT2D eigenvalue weighted by Crippen LogP contribution is 2.37. The van der Waals surface area contributed by atoms with Gasteiger partial charge in [-0.05, 0) is 46.6 Å². The predicted octanol–water partition coefficient (Wildman–Crippen LogP) is 2.52. The number of nitriles is 1. The quantitative estimate of drug-likeness (QED) is 0.787. The van der Waals surface area contributed by atoms with Crippen LogP contribution in [0.5, 0.6) is 0 Å². The molecule has 0 saturated carbocycles. The Morgan fingerprint density at radius 1 is 1.24 bits per heavy atom. The van der Waals surface area contributed by atoms with E-state index in [-0.39, 0.29) is 6.23 Å². The third-order valence-electron chi connectivity index (χ3n) is 5.53. The van der Waals surface area contributed by atoms with E-state index in [9.17, 15) is 5.26 Å². The van der Waals surface area contributed by atoms with Gasteiger partial charge in [0, 0.05) is 12.0 Å². The van der Waals surface area contributed by atoms with Gasteiger partial charge in [0.15, 0.2) is 6.23 Å². The van der Waals surface area contributed by atoms with Crippen LogP contribution in [0.4, 0.5) is 0 Å². The summed E-state index contributed by atoms with van der Waals surface area (Å²) in [5, 5.41) is 15.2. The van der Waals surface area contributed by atoms with Crippen molar-refractivity contribution in [1.82, 2.24) is 9.78 Å². The first kappa shape index (κ1) is 16.6. The van der Waals surface area contributed by atoms with Crippen LogP contribution < -0.4 is 5.59 Å². The van der Waals surface area contributed by atoms with Gasteiger partial charge in [-0.1, -0.05) is 12.1 Å². The van der Waals surface area contributed by atoms with Gasteiger partial charge >= 0.3 is 7.12 Å². The summed E-state index contributed by atoms with van der Waals surface area (Å²) in [4.78, 5) is 0. The Balaban J connectivity index is 1.87. The van der Waals surface area contributed by atoms with Crippen molar-refractivity contribution in [2.75, 3.05) is 6.61 Å². The molecule has 6 nitrogen and oxygen atoms in total. The number of fused-ring (bicyclic) bond motifs is 1. The van der Waals surface area contributed by atoms with Crippen LogP contribution >= 0.6 is 0 Å². The highest BCUT2D eigenvalue weighted by Gasteiger charge is 2.53. The van der Waals surface area contributed by atoms with Crippen molar-refractivity contribution in [3.63, 3.8) is 0 Å². The van der Waals surface area contributed by atoms with E-state index in [4.69, 9.17) is 19.1 Å². The Morgan fingerprint density at radius 2 is 1.96 bits per heavy atom. The monoisotopic (exact) mass is 339 g/mol. The van der Waals surface area contributed by atoms with Gasteiger partial charge in [-0.25, -0.2) is 4.68 Å². The molecule has 3 heterocycles. The lowest BCUT2D eigenvalue weighted by atomic mass is 9.82. The van der Waals surface area contributed by atoms with Gasteiger partial charge < -0.3 is 14.0 Å². The maximum atomic E-state index is 9.55. The second-order valence-electron chi connectivity index (χ2n) is 7.70. The molecule has 2 aliphatic rings. The predicted molar refractivity (Wildman–Crippen MR) is 94.4 cm³/mol. The van der Waals surface area contributed by atoms with Crippen LogP contribution in [-0.4, -0.2) is 34.7 Å². The number of aromatic nitrogens is 2. The molecular weight excluding hydrogens is 317 g/mol. The highest BCUT2D eigenvalue weighted by atomic mass is 16.7. The van der Waals surface area contributed by atoms with E-state index in [1.165, 1.54) is 0 Å². The van der Waals surface area contributed by atoms with Gasteiger partial charge in [-0.2, -0.15) is 10.4 Å². The van der Waals surface area contributed by atoms with Crippen LogP contribution in [0.3, 0.4) is 0 Å². The first-order valence-electron chi connectivity index (χ1n) is 8.72. The lowest BCUT2D eigenvalue weighted by Crippen LogP contribution is -2.41. The molecular formula is C18H22BN3O3. The summed E-state index contributed by atoms with van der Waals surface area (Å²) in [5.41, 5.74) is 1.21. The molecule has 2 fully saturated rings. The summed E-state index contributed by atoms with van der Waals surface area (Å²) in [6.07, 6.45) is 1.74. The van der Waals surface area contributed by atoms with Crippen molar-refractivity contribution in [1.29, 1.82) is 5.26 Å². The fourth-order valence-corrected chi connectivity index (χ4v) is 3.40. The van der Waals surface area contributed by atoms with Crippen molar-refractivity contribution in [3.05, 3.63) is 23.8 Å². The molecule has 0 radical (unpaired) electrons. The minimum absolute atomic E-state index is 0.145. The Bertz CT molecular complexity index is 846. The SMILES string of the molecule is CC1(C)OB(c2nn(C3CCCO3)c3c(C#N)cccc23)OC1(C)C. The standard InChI is InChI=1S/C18H22BN3O3/c1-17(2)18(3,4)25-19(24-17)16-13-8-5-7-12(11-20)15(13)22(21-16)14-9-6-10-23-14/h5,7-8,14H,6,9-10H2,1-4H3. The Hall–Kier alpha value is -1.88. The van der Waals surface area contributed by atoms with E-state index < -0.39 is 18.3 Å². The number of hydrogen-bond donors (Lipinski definition) is 0. The number of benzene rings is 1. The zero-order chi connectivity index (χ0) is 17.8. The van der Waals surface area contributed by atoms with Crippen molar-refractivity contribution < 1.29 is 14.0 Å². The van der Waals surface area contributed by atoms with Crippen molar-refractivity contribution in [3.8, 4) is 6.07 Å². The van der Waals surface area contributed by atoms with Gasteiger partial charge in [0.05, 0.1) is 22.3 Å². The smallest absolute Gasteiger partial charge is 0.398 e. The molecule has 2 saturated heterocycles. The topological polar surface area (TPSA) is 69.3 Å². The molecule has 0 amide bonds. The first-order valence-corrected chi connectivity index (χ1v) is 8.72. The number of nitrogens with zero attached hydrogens (tertiary/aromatic N) is 3. The fraction of sp³-hybridized carbons (Fsp3) is 0.556. The highest BCUT2D eigenvalue weighted by molar-refractivity contribution is 6.64. The largest absolute Gasteiger partial charge is 0.517 e. The van der Waals surface area contributed by atoms with Gasteiger partial charge in [0.1, 0.15) is 11.7 Å². The molecule has 4 rings (SSSR count). The number of ether oxygens (including phenoxy) is 1. The summed E-state index contributed by atoms with van der Waals surface area (Å²) in [7, 11) is -0.566. The molecule has 2 aromatic rings. The Kier molecular flexibility index (Phi) is 3.69. The van der Waals surface area contributed by atoms with Crippen LogP contribution in [0.1, 0.15) is 52.3 Å². The van der Waals surface area contributed by atoms with Crippen LogP contribution in [0.15, 0.2) is 18.2 Å². The second-order valence-corrected chi connectivity index (χ2v) is 7.70. The summed E-state index contributed by atoms with van der Waals surface area (Å²) >= 11 is 0. The van der Waals surface area contributed by atoms with Crippen molar-refractivity contribution in [2.45, 2.75) is 58.0 Å². The van der Waals surface area contributed by atoms with Crippen molar-refractivity contribution >= 4 is 23.6 Å². The van der Waals surface area contributed by atoms with Gasteiger partial charge in [0.2, 0.25) is 0 Å². The van der Waals surface area contributed by atoms with E-state index in [1.54, 1.807) is 0 Å². The van der Waals surface area contributed by atoms with Crippen LogP contribution in [0.2, 0.25) is 0 Å². The van der Waals surface area contributed by atoms with Crippen molar-refractivity contribution in [2.24, 2.45) is 0 Å². The summed E-state index contributed by atoms with van der Waals surface area (Å²) in [5.74, 6) is 0. The summed E-state index contributed by atoms with van der Waals surface area (Å²) < 4.78 is 20.0. The minimum atomic E-state index is -0.566. The van der Waals surface area contributed by atoms with E-state index in [1.807, 2.05) is 50.6 Å². The summed E-state index contributed by atoms with van der Waals surface area (Å²) in [6, 6.07) is 7.92. The molecule has 1 atom stereocenters. The van der Waals surface area contributed by atoms with Crippen LogP contribution in [0, 0.1) is 11.3 Å². The van der Waals surface area contributed by atoms with Gasteiger partial charge in [-0.15, -0.1) is 0 Å². The van der Waals surface area contributed by atoms with E-state index >= 15 is 0 Å². The molecule has 2 aliphatic heterocycles. The minimum Gasteiger partial charge on any atom is -0.398 e. The molecule has 25 heavy (non-hydrogen) atoms. The van der Waals surface area contributed by atoms with Gasteiger partial charge in [-0.3, -0.25) is 0 Å². The maximum Gasteiger partial charge on any atom is 0.517 e. The summed E-state index contributed by atoms with van der Waals surface area (Å²) in [6.45, 7) is 8.80. The molecule has 0 bridgehead atoms. The molecule has 1 aromatic carbocycles. The van der Waals surface area contributed by atoms with Crippen LogP contribution in [-0.2, 0) is 14.0 Å². The molecule has 0 N–H and O–H groups in total.